The molecule has 0 spiro atoms. The molecule has 2 aromatic rings. The van der Waals surface area contributed by atoms with Crippen molar-refractivity contribution in [3.05, 3.63) is 47.8 Å². The third kappa shape index (κ3) is 2.23. The Morgan fingerprint density at radius 2 is 2.00 bits per heavy atom. The summed E-state index contributed by atoms with van der Waals surface area (Å²) in [4.78, 5) is 23.9. The minimum atomic E-state index is -0.0981. The number of nitrogens with zero attached hydrogens (tertiary/aromatic N) is 2. The summed E-state index contributed by atoms with van der Waals surface area (Å²) in [5.41, 5.74) is 1.82. The first-order valence-electron chi connectivity index (χ1n) is 5.04. The van der Waals surface area contributed by atoms with Crippen LogP contribution in [0.5, 0.6) is 0 Å². The first-order chi connectivity index (χ1) is 8.22. The number of H-pyrrole nitrogens is 1. The van der Waals surface area contributed by atoms with Crippen molar-refractivity contribution in [3.63, 3.8) is 0 Å². The fourth-order valence-electron chi connectivity index (χ4n) is 1.45. The van der Waals surface area contributed by atoms with Crippen LogP contribution in [0.25, 0.3) is 0 Å². The van der Waals surface area contributed by atoms with E-state index in [4.69, 9.17) is 0 Å². The third-order valence-corrected chi connectivity index (χ3v) is 2.46. The molecule has 0 saturated carbocycles. The fourth-order valence-corrected chi connectivity index (χ4v) is 1.45. The lowest BCUT2D eigenvalue weighted by Crippen LogP contribution is -2.13. The Morgan fingerprint density at radius 1 is 1.29 bits per heavy atom. The molecular formula is C12H11N3O2. The van der Waals surface area contributed by atoms with Crippen LogP contribution in [0.2, 0.25) is 0 Å². The van der Waals surface area contributed by atoms with Crippen molar-refractivity contribution >= 4 is 17.9 Å². The number of anilines is 1. The Balaban J connectivity index is 2.24. The zero-order valence-electron chi connectivity index (χ0n) is 9.25. The Morgan fingerprint density at radius 3 is 2.53 bits per heavy atom. The second kappa shape index (κ2) is 4.61. The Labute approximate surface area is 98.1 Å². The van der Waals surface area contributed by atoms with Gasteiger partial charge < -0.3 is 4.90 Å². The minimum absolute atomic E-state index is 0.0981. The number of nitrogens with one attached hydrogen (secondary N) is 1. The van der Waals surface area contributed by atoms with E-state index in [0.717, 1.165) is 5.69 Å². The van der Waals surface area contributed by atoms with Gasteiger partial charge in [0.15, 0.2) is 5.78 Å². The molecule has 5 nitrogen and oxygen atoms in total. The van der Waals surface area contributed by atoms with Gasteiger partial charge in [-0.3, -0.25) is 14.7 Å². The Kier molecular flexibility index (Phi) is 3.00. The van der Waals surface area contributed by atoms with E-state index in [1.54, 1.807) is 37.5 Å². The summed E-state index contributed by atoms with van der Waals surface area (Å²) in [5.74, 6) is -0.0981. The van der Waals surface area contributed by atoms with Gasteiger partial charge in [-0.05, 0) is 24.3 Å². The number of amides is 1. The minimum Gasteiger partial charge on any atom is -0.318 e. The molecule has 0 aliphatic carbocycles. The number of aromatic nitrogens is 2. The van der Waals surface area contributed by atoms with Crippen LogP contribution in [0.4, 0.5) is 5.69 Å². The largest absolute Gasteiger partial charge is 0.318 e. The number of carbonyl (C=O) groups is 2. The highest BCUT2D eigenvalue weighted by Gasteiger charge is 2.10. The molecule has 0 bridgehead atoms. The molecule has 1 heterocycles. The van der Waals surface area contributed by atoms with Crippen molar-refractivity contribution in [1.29, 1.82) is 0 Å². The molecule has 1 aromatic carbocycles. The van der Waals surface area contributed by atoms with Gasteiger partial charge >= 0.3 is 0 Å². The zero-order valence-corrected chi connectivity index (χ0v) is 9.25. The summed E-state index contributed by atoms with van der Waals surface area (Å²) in [6.45, 7) is 0. The first kappa shape index (κ1) is 11.1. The highest BCUT2D eigenvalue weighted by Crippen LogP contribution is 2.14. The Hall–Kier alpha value is -2.43. The summed E-state index contributed by atoms with van der Waals surface area (Å²) in [6.07, 6.45) is 3.74. The normalized spacial score (nSPS) is 9.94. The van der Waals surface area contributed by atoms with Gasteiger partial charge in [-0.25, -0.2) is 0 Å². The van der Waals surface area contributed by atoms with Gasteiger partial charge in [0.25, 0.3) is 0 Å². The molecule has 0 saturated heterocycles. The number of aromatic amines is 1. The van der Waals surface area contributed by atoms with Crippen molar-refractivity contribution < 1.29 is 9.59 Å². The average Bonchev–Trinajstić information content (AvgIpc) is 2.91. The standard InChI is InChI=1S/C12H11N3O2/c1-15(8-16)11-4-2-9(3-5-11)12(17)10-6-13-14-7-10/h2-8H,1H3,(H,13,14). The van der Waals surface area contributed by atoms with Gasteiger partial charge in [0, 0.05) is 24.5 Å². The van der Waals surface area contributed by atoms with E-state index in [9.17, 15) is 9.59 Å². The van der Waals surface area contributed by atoms with Gasteiger partial charge in [0.1, 0.15) is 0 Å². The van der Waals surface area contributed by atoms with Crippen LogP contribution in [0, 0.1) is 0 Å². The predicted molar refractivity (Wildman–Crippen MR) is 62.9 cm³/mol. The topological polar surface area (TPSA) is 66.1 Å². The molecule has 0 aliphatic heterocycles. The van der Waals surface area contributed by atoms with Gasteiger partial charge in [-0.15, -0.1) is 0 Å². The lowest BCUT2D eigenvalue weighted by Gasteiger charge is -2.10. The fraction of sp³-hybridized carbons (Fsp3) is 0.0833. The van der Waals surface area contributed by atoms with Gasteiger partial charge in [0.05, 0.1) is 11.8 Å². The van der Waals surface area contributed by atoms with Gasteiger partial charge in [-0.1, -0.05) is 0 Å². The molecule has 0 fully saturated rings. The molecule has 0 radical (unpaired) electrons. The molecular weight excluding hydrogens is 218 g/mol. The maximum Gasteiger partial charge on any atom is 0.213 e. The van der Waals surface area contributed by atoms with Crippen LogP contribution in [0.3, 0.4) is 0 Å². The second-order valence-electron chi connectivity index (χ2n) is 3.58. The average molecular weight is 229 g/mol. The van der Waals surface area contributed by atoms with Crippen LogP contribution < -0.4 is 4.90 Å². The molecule has 0 unspecified atom stereocenters. The van der Waals surface area contributed by atoms with Crippen LogP contribution in [0.1, 0.15) is 15.9 Å². The molecule has 0 atom stereocenters. The lowest BCUT2D eigenvalue weighted by molar-refractivity contribution is -0.107. The smallest absolute Gasteiger partial charge is 0.213 e. The quantitative estimate of drug-likeness (QED) is 0.633. The summed E-state index contributed by atoms with van der Waals surface area (Å²) in [5, 5.41) is 6.32. The van der Waals surface area contributed by atoms with E-state index in [1.807, 2.05) is 0 Å². The summed E-state index contributed by atoms with van der Waals surface area (Å²) in [7, 11) is 1.65. The molecule has 17 heavy (non-hydrogen) atoms. The van der Waals surface area contributed by atoms with Gasteiger partial charge in [-0.2, -0.15) is 5.10 Å². The predicted octanol–water partition coefficient (Wildman–Crippen LogP) is 1.23. The maximum absolute atomic E-state index is 11.9. The molecule has 86 valence electrons. The number of hydrogen-bond donors (Lipinski definition) is 1. The number of benzene rings is 1. The SMILES string of the molecule is CN(C=O)c1ccc(C(=O)c2cn[nH]c2)cc1. The zero-order chi connectivity index (χ0) is 12.3. The molecule has 0 aliphatic rings. The highest BCUT2D eigenvalue weighted by molar-refractivity contribution is 6.08. The lowest BCUT2D eigenvalue weighted by atomic mass is 10.1. The van der Waals surface area contributed by atoms with Crippen LogP contribution in [-0.4, -0.2) is 29.4 Å². The van der Waals surface area contributed by atoms with Crippen molar-refractivity contribution in [2.75, 3.05) is 11.9 Å². The highest BCUT2D eigenvalue weighted by atomic mass is 16.1. The Bertz CT molecular complexity index is 517. The van der Waals surface area contributed by atoms with E-state index in [2.05, 4.69) is 10.2 Å². The monoisotopic (exact) mass is 229 g/mol. The van der Waals surface area contributed by atoms with E-state index in [1.165, 1.54) is 11.1 Å². The summed E-state index contributed by atoms with van der Waals surface area (Å²) < 4.78 is 0. The van der Waals surface area contributed by atoms with E-state index >= 15 is 0 Å². The van der Waals surface area contributed by atoms with E-state index < -0.39 is 0 Å². The van der Waals surface area contributed by atoms with Crippen molar-refractivity contribution in [1.82, 2.24) is 10.2 Å². The first-order valence-corrected chi connectivity index (χ1v) is 5.04. The third-order valence-electron chi connectivity index (χ3n) is 2.46. The molecule has 1 amide bonds. The van der Waals surface area contributed by atoms with Crippen LogP contribution >= 0.6 is 0 Å². The molecule has 1 aromatic heterocycles. The molecule has 2 rings (SSSR count). The second-order valence-corrected chi connectivity index (χ2v) is 3.58. The van der Waals surface area contributed by atoms with E-state index in [0.29, 0.717) is 17.5 Å². The number of carbonyl (C=O) groups excluding carboxylic acids is 2. The molecule has 1 N–H and O–H groups in total. The maximum atomic E-state index is 11.9. The van der Waals surface area contributed by atoms with Crippen molar-refractivity contribution in [2.45, 2.75) is 0 Å². The summed E-state index contributed by atoms with van der Waals surface area (Å²) in [6, 6.07) is 6.82. The number of ketones is 1. The number of rotatable bonds is 4. The molecule has 5 heteroatoms. The van der Waals surface area contributed by atoms with Crippen molar-refractivity contribution in [2.24, 2.45) is 0 Å². The number of hydrogen-bond acceptors (Lipinski definition) is 3. The van der Waals surface area contributed by atoms with Crippen LogP contribution in [0.15, 0.2) is 36.7 Å². The van der Waals surface area contributed by atoms with Crippen molar-refractivity contribution in [3.8, 4) is 0 Å². The summed E-state index contributed by atoms with van der Waals surface area (Å²) >= 11 is 0. The van der Waals surface area contributed by atoms with Crippen LogP contribution in [-0.2, 0) is 4.79 Å². The van der Waals surface area contributed by atoms with E-state index in [-0.39, 0.29) is 5.78 Å². The van der Waals surface area contributed by atoms with Gasteiger partial charge in [0.2, 0.25) is 6.41 Å².